The van der Waals surface area contributed by atoms with E-state index in [1.807, 2.05) is 5.38 Å². The number of hydrogen-bond acceptors (Lipinski definition) is 3. The molecule has 3 nitrogen and oxygen atoms in total. The Hall–Kier alpha value is -2.46. The molecule has 2 atom stereocenters. The number of hydrogen-bond donors (Lipinski definition) is 1. The van der Waals surface area contributed by atoms with Gasteiger partial charge in [0.25, 0.3) is 0 Å². The number of aryl methyl sites for hydroxylation is 1. The summed E-state index contributed by atoms with van der Waals surface area (Å²) < 4.78 is 0. The van der Waals surface area contributed by atoms with Gasteiger partial charge in [-0.3, -0.25) is 4.79 Å². The maximum absolute atomic E-state index is 13.2. The SMILES string of the molecule is Cc1cccc([C@@H]2c3ccccc3C[C@]2(C)C(=O)Nc2nccs2)c1. The van der Waals surface area contributed by atoms with Crippen LogP contribution >= 0.6 is 11.3 Å². The standard InChI is InChI=1S/C21H20N2OS/c1-14-6-5-8-15(12-14)18-17-9-4-3-7-16(17)13-21(18,2)19(24)23-20-22-10-11-25-20/h3-12,18H,13H2,1-2H3,(H,22,23,24)/t18-,21+/m1/s1. The second-order valence-corrected chi connectivity index (χ2v) is 7.83. The van der Waals surface area contributed by atoms with Crippen LogP contribution in [0.15, 0.2) is 60.1 Å². The van der Waals surface area contributed by atoms with E-state index >= 15 is 0 Å². The molecule has 1 aromatic heterocycles. The zero-order valence-corrected chi connectivity index (χ0v) is 15.1. The molecule has 1 aliphatic carbocycles. The minimum Gasteiger partial charge on any atom is -0.301 e. The molecule has 1 N–H and O–H groups in total. The smallest absolute Gasteiger partial charge is 0.233 e. The molecule has 0 unspecified atom stereocenters. The summed E-state index contributed by atoms with van der Waals surface area (Å²) >= 11 is 1.45. The van der Waals surface area contributed by atoms with Crippen LogP contribution in [0.25, 0.3) is 0 Å². The Labute approximate surface area is 151 Å². The van der Waals surface area contributed by atoms with Gasteiger partial charge in [-0.2, -0.15) is 0 Å². The molecule has 0 radical (unpaired) electrons. The van der Waals surface area contributed by atoms with Crippen LogP contribution in [0.5, 0.6) is 0 Å². The van der Waals surface area contributed by atoms with Crippen LogP contribution in [0.2, 0.25) is 0 Å². The highest BCUT2D eigenvalue weighted by atomic mass is 32.1. The minimum absolute atomic E-state index is 0.0326. The predicted molar refractivity (Wildman–Crippen MR) is 102 cm³/mol. The molecule has 0 aliphatic heterocycles. The van der Waals surface area contributed by atoms with Gasteiger partial charge in [0.05, 0.1) is 5.41 Å². The van der Waals surface area contributed by atoms with Crippen LogP contribution in [-0.2, 0) is 11.2 Å². The molecule has 25 heavy (non-hydrogen) atoms. The van der Waals surface area contributed by atoms with E-state index in [0.717, 1.165) is 6.42 Å². The lowest BCUT2D eigenvalue weighted by Gasteiger charge is -2.31. The number of aromatic nitrogens is 1. The van der Waals surface area contributed by atoms with Gasteiger partial charge in [-0.05, 0) is 37.0 Å². The number of benzene rings is 2. The first-order valence-electron chi connectivity index (χ1n) is 8.43. The van der Waals surface area contributed by atoms with Crippen molar-refractivity contribution in [2.75, 3.05) is 5.32 Å². The highest BCUT2D eigenvalue weighted by Gasteiger charge is 2.48. The number of anilines is 1. The molecule has 1 heterocycles. The van der Waals surface area contributed by atoms with Gasteiger partial charge in [-0.1, -0.05) is 54.1 Å². The van der Waals surface area contributed by atoms with Crippen LogP contribution in [0, 0.1) is 12.3 Å². The molecule has 0 bridgehead atoms. The lowest BCUT2D eigenvalue weighted by molar-refractivity contribution is -0.125. The van der Waals surface area contributed by atoms with Crippen molar-refractivity contribution < 1.29 is 4.79 Å². The summed E-state index contributed by atoms with van der Waals surface area (Å²) in [6, 6.07) is 16.9. The van der Waals surface area contributed by atoms with Crippen molar-refractivity contribution in [3.63, 3.8) is 0 Å². The van der Waals surface area contributed by atoms with Gasteiger partial charge in [-0.15, -0.1) is 11.3 Å². The van der Waals surface area contributed by atoms with Gasteiger partial charge in [0.15, 0.2) is 5.13 Å². The van der Waals surface area contributed by atoms with Crippen LogP contribution in [0.1, 0.15) is 35.1 Å². The maximum atomic E-state index is 13.2. The highest BCUT2D eigenvalue weighted by molar-refractivity contribution is 7.13. The fourth-order valence-electron chi connectivity index (χ4n) is 3.95. The number of fused-ring (bicyclic) bond motifs is 1. The predicted octanol–water partition coefficient (Wildman–Crippen LogP) is 4.78. The normalized spacial score (nSPS) is 21.8. The Balaban J connectivity index is 1.79. The number of nitrogens with one attached hydrogen (secondary N) is 1. The lowest BCUT2D eigenvalue weighted by atomic mass is 9.73. The van der Waals surface area contributed by atoms with Crippen LogP contribution in [0.3, 0.4) is 0 Å². The van der Waals surface area contributed by atoms with Crippen molar-refractivity contribution in [2.24, 2.45) is 5.41 Å². The first-order valence-corrected chi connectivity index (χ1v) is 9.31. The summed E-state index contributed by atoms with van der Waals surface area (Å²) in [4.78, 5) is 17.4. The van der Waals surface area contributed by atoms with Crippen LogP contribution < -0.4 is 5.32 Å². The van der Waals surface area contributed by atoms with E-state index in [4.69, 9.17) is 0 Å². The summed E-state index contributed by atoms with van der Waals surface area (Å²) in [6.07, 6.45) is 2.45. The summed E-state index contributed by atoms with van der Waals surface area (Å²) in [6.45, 7) is 4.17. The van der Waals surface area contributed by atoms with Crippen molar-refractivity contribution in [2.45, 2.75) is 26.2 Å². The zero-order chi connectivity index (χ0) is 17.4. The van der Waals surface area contributed by atoms with E-state index in [1.165, 1.54) is 33.6 Å². The first-order chi connectivity index (χ1) is 12.1. The van der Waals surface area contributed by atoms with E-state index < -0.39 is 5.41 Å². The summed E-state index contributed by atoms with van der Waals surface area (Å²) in [5.74, 6) is 0.0775. The largest absolute Gasteiger partial charge is 0.301 e. The molecule has 0 saturated carbocycles. The molecule has 0 spiro atoms. The van der Waals surface area contributed by atoms with Crippen molar-refractivity contribution in [3.05, 3.63) is 82.4 Å². The molecule has 3 aromatic rings. The number of rotatable bonds is 3. The van der Waals surface area contributed by atoms with Crippen molar-refractivity contribution in [1.82, 2.24) is 4.98 Å². The number of nitrogens with zero attached hydrogens (tertiary/aromatic N) is 1. The highest BCUT2D eigenvalue weighted by Crippen LogP contribution is 2.51. The van der Waals surface area contributed by atoms with E-state index in [9.17, 15) is 4.79 Å². The molecular weight excluding hydrogens is 328 g/mol. The van der Waals surface area contributed by atoms with Gasteiger partial charge < -0.3 is 5.32 Å². The first kappa shape index (κ1) is 16.0. The third-order valence-electron chi connectivity index (χ3n) is 5.11. The topological polar surface area (TPSA) is 42.0 Å². The molecular formula is C21H20N2OS. The third-order valence-corrected chi connectivity index (χ3v) is 5.80. The number of amides is 1. The zero-order valence-electron chi connectivity index (χ0n) is 14.3. The van der Waals surface area contributed by atoms with Gasteiger partial charge in [-0.25, -0.2) is 4.98 Å². The fourth-order valence-corrected chi connectivity index (χ4v) is 4.48. The van der Waals surface area contributed by atoms with E-state index in [-0.39, 0.29) is 11.8 Å². The molecule has 126 valence electrons. The second kappa shape index (κ2) is 6.12. The number of thiazole rings is 1. The average molecular weight is 348 g/mol. The summed E-state index contributed by atoms with van der Waals surface area (Å²) in [5, 5.41) is 5.55. The Morgan fingerprint density at radius 3 is 2.84 bits per heavy atom. The number of carbonyl (C=O) groups is 1. The molecule has 2 aromatic carbocycles. The van der Waals surface area contributed by atoms with E-state index in [1.54, 1.807) is 6.20 Å². The van der Waals surface area contributed by atoms with Crippen molar-refractivity contribution >= 4 is 22.4 Å². The number of carbonyl (C=O) groups excluding carboxylic acids is 1. The summed E-state index contributed by atoms with van der Waals surface area (Å²) in [5.41, 5.74) is 4.38. The average Bonchev–Trinajstić information content (AvgIpc) is 3.20. The third kappa shape index (κ3) is 2.76. The van der Waals surface area contributed by atoms with E-state index in [2.05, 4.69) is 72.7 Å². The van der Waals surface area contributed by atoms with Gasteiger partial charge >= 0.3 is 0 Å². The van der Waals surface area contributed by atoms with Gasteiger partial charge in [0.1, 0.15) is 0 Å². The van der Waals surface area contributed by atoms with E-state index in [0.29, 0.717) is 5.13 Å². The molecule has 0 fully saturated rings. The van der Waals surface area contributed by atoms with Crippen molar-refractivity contribution in [3.8, 4) is 0 Å². The minimum atomic E-state index is -0.539. The monoisotopic (exact) mass is 348 g/mol. The van der Waals surface area contributed by atoms with Gasteiger partial charge in [0.2, 0.25) is 5.91 Å². The second-order valence-electron chi connectivity index (χ2n) is 6.93. The summed E-state index contributed by atoms with van der Waals surface area (Å²) in [7, 11) is 0. The molecule has 1 aliphatic rings. The Morgan fingerprint density at radius 2 is 2.08 bits per heavy atom. The lowest BCUT2D eigenvalue weighted by Crippen LogP contribution is -2.37. The van der Waals surface area contributed by atoms with Crippen LogP contribution in [0.4, 0.5) is 5.13 Å². The molecule has 0 saturated heterocycles. The van der Waals surface area contributed by atoms with Gasteiger partial charge in [0, 0.05) is 17.5 Å². The molecule has 4 heteroatoms. The molecule has 4 rings (SSSR count). The molecule has 1 amide bonds. The fraction of sp³-hybridized carbons (Fsp3) is 0.238. The van der Waals surface area contributed by atoms with Crippen molar-refractivity contribution in [1.29, 1.82) is 0 Å². The maximum Gasteiger partial charge on any atom is 0.233 e. The Kier molecular flexibility index (Phi) is 3.92. The van der Waals surface area contributed by atoms with Crippen LogP contribution in [-0.4, -0.2) is 10.9 Å². The Morgan fingerprint density at radius 1 is 1.24 bits per heavy atom. The Bertz CT molecular complexity index is 919. The quantitative estimate of drug-likeness (QED) is 0.740.